The van der Waals surface area contributed by atoms with E-state index in [0.717, 1.165) is 17.0 Å². The van der Waals surface area contributed by atoms with Gasteiger partial charge in [0.1, 0.15) is 5.75 Å². The van der Waals surface area contributed by atoms with Crippen LogP contribution >= 0.6 is 0 Å². The molecule has 1 fully saturated rings. The fraction of sp³-hybridized carbons (Fsp3) is 0.316. The zero-order chi connectivity index (χ0) is 17.6. The molecule has 3 rings (SSSR count). The number of carbonyl (C=O) groups is 2. The number of ether oxygens (including phenoxy) is 1. The number of nitrogens with zero attached hydrogens (tertiary/aromatic N) is 2. The topological polar surface area (TPSA) is 71.5 Å². The zero-order valence-corrected chi connectivity index (χ0v) is 14.1. The molecule has 1 saturated heterocycles. The van der Waals surface area contributed by atoms with Gasteiger partial charge in [-0.25, -0.2) is 0 Å². The van der Waals surface area contributed by atoms with Crippen LogP contribution in [0.25, 0.3) is 0 Å². The predicted octanol–water partition coefficient (Wildman–Crippen LogP) is 1.80. The number of aromatic nitrogens is 1. The molecule has 6 nitrogen and oxygen atoms in total. The minimum atomic E-state index is -0.328. The van der Waals surface area contributed by atoms with Gasteiger partial charge in [0.2, 0.25) is 11.8 Å². The van der Waals surface area contributed by atoms with Crippen molar-refractivity contribution in [2.75, 3.05) is 25.1 Å². The Kier molecular flexibility index (Phi) is 5.28. The molecule has 2 heterocycles. The van der Waals surface area contributed by atoms with Gasteiger partial charge in [-0.1, -0.05) is 18.2 Å². The number of para-hydroxylation sites is 1. The first kappa shape index (κ1) is 17.0. The largest absolute Gasteiger partial charge is 0.496 e. The van der Waals surface area contributed by atoms with Crippen LogP contribution in [0.5, 0.6) is 5.75 Å². The standard InChI is InChI=1S/C19H21N3O3/c1-25-17-7-3-2-5-14(17)8-10-21-19(24)15-11-18(23)22(13-15)16-6-4-9-20-12-16/h2-7,9,12,15H,8,10-11,13H2,1H3,(H,21,24). The number of carbonyl (C=O) groups excluding carboxylic acids is 2. The summed E-state index contributed by atoms with van der Waals surface area (Å²) < 4.78 is 5.31. The molecule has 0 bridgehead atoms. The summed E-state index contributed by atoms with van der Waals surface area (Å²) in [7, 11) is 1.63. The van der Waals surface area contributed by atoms with Crippen molar-refractivity contribution in [3.63, 3.8) is 0 Å². The summed E-state index contributed by atoms with van der Waals surface area (Å²) in [5, 5.41) is 2.93. The second-order valence-corrected chi connectivity index (χ2v) is 5.97. The average molecular weight is 339 g/mol. The highest BCUT2D eigenvalue weighted by Gasteiger charge is 2.34. The first-order valence-electron chi connectivity index (χ1n) is 8.29. The van der Waals surface area contributed by atoms with E-state index >= 15 is 0 Å². The number of benzene rings is 1. The van der Waals surface area contributed by atoms with E-state index in [-0.39, 0.29) is 24.2 Å². The van der Waals surface area contributed by atoms with Crippen molar-refractivity contribution in [3.8, 4) is 5.75 Å². The number of amides is 2. The third kappa shape index (κ3) is 3.96. The first-order valence-corrected chi connectivity index (χ1v) is 8.29. The molecule has 1 aromatic heterocycles. The molecule has 1 N–H and O–H groups in total. The van der Waals surface area contributed by atoms with Gasteiger partial charge in [0, 0.05) is 25.7 Å². The summed E-state index contributed by atoms with van der Waals surface area (Å²) in [5.74, 6) is 0.355. The molecule has 1 aromatic carbocycles. The Morgan fingerprint density at radius 1 is 1.32 bits per heavy atom. The lowest BCUT2D eigenvalue weighted by Crippen LogP contribution is -2.34. The molecular weight excluding hydrogens is 318 g/mol. The van der Waals surface area contributed by atoms with Gasteiger partial charge in [-0.2, -0.15) is 0 Å². The van der Waals surface area contributed by atoms with Crippen LogP contribution in [-0.2, 0) is 16.0 Å². The maximum Gasteiger partial charge on any atom is 0.227 e. The summed E-state index contributed by atoms with van der Waals surface area (Å²) in [6.07, 6.45) is 4.21. The first-order chi connectivity index (χ1) is 12.2. The molecule has 1 aliphatic rings. The molecular formula is C19H21N3O3. The highest BCUT2D eigenvalue weighted by Crippen LogP contribution is 2.24. The SMILES string of the molecule is COc1ccccc1CCNC(=O)C1CC(=O)N(c2cccnc2)C1. The molecule has 0 saturated carbocycles. The van der Waals surface area contributed by atoms with Gasteiger partial charge in [0.15, 0.2) is 0 Å². The normalized spacial score (nSPS) is 16.8. The maximum atomic E-state index is 12.4. The number of pyridine rings is 1. The molecule has 6 heteroatoms. The molecule has 1 unspecified atom stereocenters. The van der Waals surface area contributed by atoms with E-state index in [1.165, 1.54) is 0 Å². The van der Waals surface area contributed by atoms with Gasteiger partial charge >= 0.3 is 0 Å². The van der Waals surface area contributed by atoms with E-state index < -0.39 is 0 Å². The quantitative estimate of drug-likeness (QED) is 0.871. The molecule has 25 heavy (non-hydrogen) atoms. The molecule has 0 aliphatic carbocycles. The number of rotatable bonds is 6. The Morgan fingerprint density at radius 3 is 2.92 bits per heavy atom. The Hall–Kier alpha value is -2.89. The number of anilines is 1. The zero-order valence-electron chi connectivity index (χ0n) is 14.1. The van der Waals surface area contributed by atoms with Gasteiger partial charge in [-0.15, -0.1) is 0 Å². The highest BCUT2D eigenvalue weighted by atomic mass is 16.5. The lowest BCUT2D eigenvalue weighted by Gasteiger charge is -2.16. The fourth-order valence-electron chi connectivity index (χ4n) is 3.02. The summed E-state index contributed by atoms with van der Waals surface area (Å²) in [4.78, 5) is 30.2. The monoisotopic (exact) mass is 339 g/mol. The minimum Gasteiger partial charge on any atom is -0.496 e. The van der Waals surface area contributed by atoms with E-state index in [0.29, 0.717) is 19.5 Å². The molecule has 2 amide bonds. The Balaban J connectivity index is 1.53. The average Bonchev–Trinajstić information content (AvgIpc) is 3.04. The van der Waals surface area contributed by atoms with Crippen LogP contribution in [0.4, 0.5) is 5.69 Å². The Labute approximate surface area is 146 Å². The van der Waals surface area contributed by atoms with Crippen LogP contribution in [0.2, 0.25) is 0 Å². The minimum absolute atomic E-state index is 0.0436. The lowest BCUT2D eigenvalue weighted by atomic mass is 10.1. The van der Waals surface area contributed by atoms with E-state index in [1.54, 1.807) is 30.5 Å². The van der Waals surface area contributed by atoms with Crippen molar-refractivity contribution in [1.82, 2.24) is 10.3 Å². The van der Waals surface area contributed by atoms with Gasteiger partial charge in [-0.3, -0.25) is 14.6 Å². The molecule has 2 aromatic rings. The molecule has 1 atom stereocenters. The van der Waals surface area contributed by atoms with Gasteiger partial charge < -0.3 is 15.0 Å². The van der Waals surface area contributed by atoms with Gasteiger partial charge in [0.05, 0.1) is 24.9 Å². The van der Waals surface area contributed by atoms with Gasteiger partial charge in [-0.05, 0) is 30.2 Å². The smallest absolute Gasteiger partial charge is 0.227 e. The molecule has 1 aliphatic heterocycles. The number of nitrogens with one attached hydrogen (secondary N) is 1. The Morgan fingerprint density at radius 2 is 2.16 bits per heavy atom. The van der Waals surface area contributed by atoms with Crippen molar-refractivity contribution in [2.24, 2.45) is 5.92 Å². The van der Waals surface area contributed by atoms with Crippen LogP contribution in [0, 0.1) is 5.92 Å². The number of hydrogen-bond donors (Lipinski definition) is 1. The van der Waals surface area contributed by atoms with E-state index in [2.05, 4.69) is 10.3 Å². The Bertz CT molecular complexity index is 749. The van der Waals surface area contributed by atoms with Crippen LogP contribution in [0.3, 0.4) is 0 Å². The van der Waals surface area contributed by atoms with Crippen molar-refractivity contribution in [2.45, 2.75) is 12.8 Å². The van der Waals surface area contributed by atoms with Gasteiger partial charge in [0.25, 0.3) is 0 Å². The van der Waals surface area contributed by atoms with Crippen LogP contribution in [0.15, 0.2) is 48.8 Å². The van der Waals surface area contributed by atoms with Crippen LogP contribution in [0.1, 0.15) is 12.0 Å². The summed E-state index contributed by atoms with van der Waals surface area (Å²) >= 11 is 0. The number of hydrogen-bond acceptors (Lipinski definition) is 4. The number of methoxy groups -OCH3 is 1. The van der Waals surface area contributed by atoms with Crippen molar-refractivity contribution in [1.29, 1.82) is 0 Å². The highest BCUT2D eigenvalue weighted by molar-refractivity contribution is 6.00. The third-order valence-electron chi connectivity index (χ3n) is 4.34. The third-order valence-corrected chi connectivity index (χ3v) is 4.34. The second-order valence-electron chi connectivity index (χ2n) is 5.97. The van der Waals surface area contributed by atoms with E-state index in [4.69, 9.17) is 4.74 Å². The second kappa shape index (κ2) is 7.79. The van der Waals surface area contributed by atoms with E-state index in [9.17, 15) is 9.59 Å². The van der Waals surface area contributed by atoms with Crippen molar-refractivity contribution < 1.29 is 14.3 Å². The van der Waals surface area contributed by atoms with E-state index in [1.807, 2.05) is 30.3 Å². The van der Waals surface area contributed by atoms with Crippen molar-refractivity contribution >= 4 is 17.5 Å². The molecule has 130 valence electrons. The van der Waals surface area contributed by atoms with Crippen molar-refractivity contribution in [3.05, 3.63) is 54.4 Å². The maximum absolute atomic E-state index is 12.4. The lowest BCUT2D eigenvalue weighted by molar-refractivity contribution is -0.126. The van der Waals surface area contributed by atoms with Crippen LogP contribution in [-0.4, -0.2) is 37.0 Å². The fourth-order valence-corrected chi connectivity index (χ4v) is 3.02. The molecule has 0 spiro atoms. The van der Waals surface area contributed by atoms with Crippen LogP contribution < -0.4 is 15.0 Å². The summed E-state index contributed by atoms with van der Waals surface area (Å²) in [6, 6.07) is 11.3. The predicted molar refractivity (Wildman–Crippen MR) is 94.4 cm³/mol. The summed E-state index contributed by atoms with van der Waals surface area (Å²) in [6.45, 7) is 0.905. The molecule has 0 radical (unpaired) electrons. The summed E-state index contributed by atoms with van der Waals surface area (Å²) in [5.41, 5.74) is 1.78.